The minimum absolute atomic E-state index is 0.0227. The van der Waals surface area contributed by atoms with Crippen LogP contribution < -0.4 is 4.90 Å². The van der Waals surface area contributed by atoms with Crippen LogP contribution in [0.4, 0.5) is 18.9 Å². The van der Waals surface area contributed by atoms with Crippen molar-refractivity contribution >= 4 is 23.4 Å². The Balaban J connectivity index is 1.68. The van der Waals surface area contributed by atoms with Crippen molar-refractivity contribution in [2.75, 3.05) is 11.4 Å². The summed E-state index contributed by atoms with van der Waals surface area (Å²) >= 11 is 0. The highest BCUT2D eigenvalue weighted by molar-refractivity contribution is 6.35. The van der Waals surface area contributed by atoms with Crippen LogP contribution >= 0.6 is 0 Å². The Morgan fingerprint density at radius 2 is 1.70 bits per heavy atom. The predicted molar refractivity (Wildman–Crippen MR) is 104 cm³/mol. The van der Waals surface area contributed by atoms with Gasteiger partial charge in [-0.25, -0.2) is 4.90 Å². The van der Waals surface area contributed by atoms with E-state index in [1.165, 1.54) is 18.2 Å². The summed E-state index contributed by atoms with van der Waals surface area (Å²) in [4.78, 5) is 40.5. The van der Waals surface area contributed by atoms with Gasteiger partial charge in [0.2, 0.25) is 0 Å². The van der Waals surface area contributed by atoms with Crippen molar-refractivity contribution in [2.24, 2.45) is 0 Å². The lowest BCUT2D eigenvalue weighted by Crippen LogP contribution is -2.40. The number of carbonyl (C=O) groups excluding carboxylic acids is 3. The number of amides is 3. The maximum absolute atomic E-state index is 13.0. The predicted octanol–water partition coefficient (Wildman–Crippen LogP) is 4.27. The molecule has 0 aromatic heterocycles. The SMILES string of the molecule is Cc1ccc(C)c(N2C(=O)c3ccc(C(=O)N(CC(F)(F)F)C4CC4)cc3C2=O)c1. The van der Waals surface area contributed by atoms with Crippen LogP contribution in [0.25, 0.3) is 0 Å². The fraction of sp³-hybridized carbons (Fsp3) is 0.318. The van der Waals surface area contributed by atoms with Gasteiger partial charge in [-0.05, 0) is 62.1 Å². The maximum atomic E-state index is 13.0. The van der Waals surface area contributed by atoms with E-state index in [2.05, 4.69) is 0 Å². The lowest BCUT2D eigenvalue weighted by Gasteiger charge is -2.24. The smallest absolute Gasteiger partial charge is 0.327 e. The number of halogens is 3. The normalized spacial score (nSPS) is 16.1. The lowest BCUT2D eigenvalue weighted by molar-refractivity contribution is -0.141. The van der Waals surface area contributed by atoms with Crippen LogP contribution in [0.3, 0.4) is 0 Å². The average Bonchev–Trinajstić information content (AvgIpc) is 3.48. The summed E-state index contributed by atoms with van der Waals surface area (Å²) in [6.07, 6.45) is -3.48. The molecule has 0 atom stereocenters. The standard InChI is InChI=1S/C22H19F3N2O3/c1-12-3-4-13(2)18(9-12)27-20(29)16-8-5-14(10-17(16)21(27)30)19(28)26(15-6-7-15)11-22(23,24)25/h3-5,8-10,15H,6-7,11H2,1-2H3. The zero-order chi connectivity index (χ0) is 21.8. The Bertz CT molecular complexity index is 1070. The van der Waals surface area contributed by atoms with E-state index in [-0.39, 0.29) is 16.7 Å². The molecule has 1 fully saturated rings. The van der Waals surface area contributed by atoms with E-state index in [0.29, 0.717) is 18.5 Å². The number of aryl methyl sites for hydroxylation is 2. The molecule has 0 spiro atoms. The van der Waals surface area contributed by atoms with Gasteiger partial charge in [0.05, 0.1) is 16.8 Å². The number of anilines is 1. The molecule has 0 N–H and O–H groups in total. The minimum Gasteiger partial charge on any atom is -0.327 e. The molecule has 1 aliphatic heterocycles. The Morgan fingerprint density at radius 1 is 1.03 bits per heavy atom. The monoisotopic (exact) mass is 416 g/mol. The number of hydrogen-bond acceptors (Lipinski definition) is 3. The van der Waals surface area contributed by atoms with Crippen molar-refractivity contribution in [3.05, 3.63) is 64.2 Å². The molecule has 2 aromatic carbocycles. The number of nitrogens with zero attached hydrogens (tertiary/aromatic N) is 2. The van der Waals surface area contributed by atoms with Crippen molar-refractivity contribution in [1.82, 2.24) is 4.90 Å². The number of fused-ring (bicyclic) bond motifs is 1. The van der Waals surface area contributed by atoms with Gasteiger partial charge in [0.15, 0.2) is 0 Å². The molecule has 2 aromatic rings. The molecule has 0 radical (unpaired) electrons. The van der Waals surface area contributed by atoms with E-state index in [4.69, 9.17) is 0 Å². The fourth-order valence-corrected chi connectivity index (χ4v) is 3.66. The Morgan fingerprint density at radius 3 is 2.33 bits per heavy atom. The maximum Gasteiger partial charge on any atom is 0.406 e. The van der Waals surface area contributed by atoms with E-state index in [0.717, 1.165) is 20.9 Å². The van der Waals surface area contributed by atoms with Gasteiger partial charge in [-0.1, -0.05) is 12.1 Å². The van der Waals surface area contributed by atoms with Gasteiger partial charge in [0, 0.05) is 11.6 Å². The second-order valence-electron chi connectivity index (χ2n) is 7.78. The molecule has 4 rings (SSSR count). The molecule has 1 aliphatic carbocycles. The zero-order valence-electron chi connectivity index (χ0n) is 16.4. The minimum atomic E-state index is -4.51. The molecule has 30 heavy (non-hydrogen) atoms. The molecular formula is C22H19F3N2O3. The van der Waals surface area contributed by atoms with Crippen molar-refractivity contribution in [1.29, 1.82) is 0 Å². The van der Waals surface area contributed by atoms with Crippen LogP contribution in [0.5, 0.6) is 0 Å². The number of hydrogen-bond donors (Lipinski definition) is 0. The van der Waals surface area contributed by atoms with Crippen LogP contribution in [0.15, 0.2) is 36.4 Å². The van der Waals surface area contributed by atoms with Crippen LogP contribution in [0.2, 0.25) is 0 Å². The van der Waals surface area contributed by atoms with Crippen LogP contribution in [-0.2, 0) is 0 Å². The second kappa shape index (κ2) is 6.97. The number of alkyl halides is 3. The van der Waals surface area contributed by atoms with Crippen LogP contribution in [0.1, 0.15) is 55.0 Å². The molecule has 156 valence electrons. The van der Waals surface area contributed by atoms with Crippen LogP contribution in [-0.4, -0.2) is 41.4 Å². The first-order valence-corrected chi connectivity index (χ1v) is 9.54. The highest BCUT2D eigenvalue weighted by atomic mass is 19.4. The molecule has 0 saturated heterocycles. The summed E-state index contributed by atoms with van der Waals surface area (Å²) in [6, 6.07) is 8.82. The second-order valence-corrected chi connectivity index (χ2v) is 7.78. The quantitative estimate of drug-likeness (QED) is 0.700. The van der Waals surface area contributed by atoms with Crippen LogP contribution in [0, 0.1) is 13.8 Å². The number of imide groups is 1. The van der Waals surface area contributed by atoms with Gasteiger partial charge < -0.3 is 4.90 Å². The Hall–Kier alpha value is -3.16. The number of benzene rings is 2. The van der Waals surface area contributed by atoms with Gasteiger partial charge in [-0.3, -0.25) is 14.4 Å². The lowest BCUT2D eigenvalue weighted by atomic mass is 10.0. The number of carbonyl (C=O) groups is 3. The summed E-state index contributed by atoms with van der Waals surface area (Å²) in [6.45, 7) is 2.28. The van der Waals surface area contributed by atoms with Gasteiger partial charge in [0.1, 0.15) is 6.54 Å². The third kappa shape index (κ3) is 3.58. The van der Waals surface area contributed by atoms with Gasteiger partial charge in [-0.2, -0.15) is 13.2 Å². The van der Waals surface area contributed by atoms with Crippen molar-refractivity contribution in [3.8, 4) is 0 Å². The van der Waals surface area contributed by atoms with E-state index in [1.807, 2.05) is 13.0 Å². The van der Waals surface area contributed by atoms with Crippen molar-refractivity contribution in [3.63, 3.8) is 0 Å². The summed E-state index contributed by atoms with van der Waals surface area (Å²) in [5.74, 6) is -1.90. The molecule has 0 unspecified atom stereocenters. The molecule has 5 nitrogen and oxygen atoms in total. The third-order valence-corrected chi connectivity index (χ3v) is 5.34. The zero-order valence-corrected chi connectivity index (χ0v) is 16.4. The first kappa shape index (κ1) is 20.1. The summed E-state index contributed by atoms with van der Waals surface area (Å²) in [5.41, 5.74) is 2.17. The summed E-state index contributed by atoms with van der Waals surface area (Å²) in [7, 11) is 0. The topological polar surface area (TPSA) is 57.7 Å². The van der Waals surface area contributed by atoms with E-state index < -0.39 is 36.5 Å². The molecule has 2 aliphatic rings. The molecule has 1 saturated carbocycles. The molecule has 1 heterocycles. The first-order valence-electron chi connectivity index (χ1n) is 9.54. The van der Waals surface area contributed by atoms with Gasteiger partial charge >= 0.3 is 6.18 Å². The van der Waals surface area contributed by atoms with E-state index in [1.54, 1.807) is 19.1 Å². The fourth-order valence-electron chi connectivity index (χ4n) is 3.66. The van der Waals surface area contributed by atoms with E-state index >= 15 is 0 Å². The average molecular weight is 416 g/mol. The molecule has 8 heteroatoms. The number of rotatable bonds is 4. The van der Waals surface area contributed by atoms with Crippen molar-refractivity contribution < 1.29 is 27.6 Å². The Kier molecular flexibility index (Phi) is 4.67. The van der Waals surface area contributed by atoms with Gasteiger partial charge in [-0.15, -0.1) is 0 Å². The highest BCUT2D eigenvalue weighted by Crippen LogP contribution is 2.34. The largest absolute Gasteiger partial charge is 0.406 e. The first-order chi connectivity index (χ1) is 14.1. The molecule has 3 amide bonds. The molecule has 0 bridgehead atoms. The molecular weight excluding hydrogens is 397 g/mol. The third-order valence-electron chi connectivity index (χ3n) is 5.34. The van der Waals surface area contributed by atoms with Crippen molar-refractivity contribution in [2.45, 2.75) is 38.9 Å². The van der Waals surface area contributed by atoms with Gasteiger partial charge in [0.25, 0.3) is 17.7 Å². The summed E-state index contributed by atoms with van der Waals surface area (Å²) in [5, 5.41) is 0. The Labute approximate surface area is 171 Å². The summed E-state index contributed by atoms with van der Waals surface area (Å²) < 4.78 is 38.7. The van der Waals surface area contributed by atoms with E-state index in [9.17, 15) is 27.6 Å². The highest BCUT2D eigenvalue weighted by Gasteiger charge is 2.42.